The van der Waals surface area contributed by atoms with Crippen LogP contribution in [0.3, 0.4) is 0 Å². The van der Waals surface area contributed by atoms with Gasteiger partial charge < -0.3 is 15.0 Å². The highest BCUT2D eigenvalue weighted by atomic mass is 35.5. The minimum absolute atomic E-state index is 0.0159. The van der Waals surface area contributed by atoms with Crippen molar-refractivity contribution in [2.75, 3.05) is 6.54 Å². The summed E-state index contributed by atoms with van der Waals surface area (Å²) in [5.74, 6) is -0.565. The van der Waals surface area contributed by atoms with Gasteiger partial charge >= 0.3 is 0 Å². The molecular weight excluding hydrogens is 416 g/mol. The summed E-state index contributed by atoms with van der Waals surface area (Å²) >= 11 is 6.00. The molecule has 0 atom stereocenters. The Morgan fingerprint density at radius 2 is 1.94 bits per heavy atom. The molecule has 7 nitrogen and oxygen atoms in total. The van der Waals surface area contributed by atoms with E-state index in [1.54, 1.807) is 28.8 Å². The number of aromatic hydroxyl groups is 1. The molecule has 0 aliphatic heterocycles. The van der Waals surface area contributed by atoms with Gasteiger partial charge in [-0.05, 0) is 37.1 Å². The molecule has 3 rings (SSSR count). The van der Waals surface area contributed by atoms with E-state index >= 15 is 0 Å². The van der Waals surface area contributed by atoms with Crippen LogP contribution in [0.25, 0.3) is 10.9 Å². The average molecular weight is 441 g/mol. The molecule has 31 heavy (non-hydrogen) atoms. The molecule has 1 heterocycles. The van der Waals surface area contributed by atoms with Crippen molar-refractivity contribution in [1.82, 2.24) is 9.88 Å². The molecule has 0 aliphatic carbocycles. The van der Waals surface area contributed by atoms with Gasteiger partial charge in [0.05, 0.1) is 16.1 Å². The molecule has 0 unspecified atom stereocenters. The number of carbonyl (C=O) groups is 2. The summed E-state index contributed by atoms with van der Waals surface area (Å²) in [6.07, 6.45) is -0.0237. The third-order valence-electron chi connectivity index (χ3n) is 4.72. The second-order valence-corrected chi connectivity index (χ2v) is 8.18. The summed E-state index contributed by atoms with van der Waals surface area (Å²) in [6.45, 7) is 6.78. The SMILES string of the molecule is Cc1ccc2c(c1)c(N=NC(=O)CCNC(=O)c1ccccc1Cl)c(O)n2CC(C)C. The third kappa shape index (κ3) is 5.30. The van der Waals surface area contributed by atoms with E-state index in [-0.39, 0.29) is 30.4 Å². The standard InChI is InChI=1S/C23H25ClN4O3/c1-14(2)13-28-19-9-8-15(3)12-17(19)21(23(28)31)27-26-20(29)10-11-25-22(30)16-6-4-5-7-18(16)24/h4-9,12,14,31H,10-11,13H2,1-3H3,(H,25,30). The lowest BCUT2D eigenvalue weighted by molar-refractivity contribution is -0.118. The summed E-state index contributed by atoms with van der Waals surface area (Å²) in [7, 11) is 0. The minimum atomic E-state index is -0.503. The molecule has 0 aliphatic rings. The molecule has 2 amide bonds. The quantitative estimate of drug-likeness (QED) is 0.481. The Morgan fingerprint density at radius 3 is 2.65 bits per heavy atom. The van der Waals surface area contributed by atoms with Crippen molar-refractivity contribution < 1.29 is 14.7 Å². The Labute approximate surface area is 185 Å². The number of amides is 2. The smallest absolute Gasteiger partial charge is 0.266 e. The Morgan fingerprint density at radius 1 is 1.19 bits per heavy atom. The molecule has 2 N–H and O–H groups in total. The second-order valence-electron chi connectivity index (χ2n) is 7.78. The van der Waals surface area contributed by atoms with Crippen molar-refractivity contribution in [3.8, 4) is 5.88 Å². The number of hydrogen-bond acceptors (Lipinski definition) is 4. The van der Waals surface area contributed by atoms with E-state index < -0.39 is 5.91 Å². The Bertz CT molecular complexity index is 1150. The summed E-state index contributed by atoms with van der Waals surface area (Å²) in [5, 5.41) is 22.2. The van der Waals surface area contributed by atoms with Crippen LogP contribution in [-0.2, 0) is 11.3 Å². The van der Waals surface area contributed by atoms with Gasteiger partial charge in [0.25, 0.3) is 11.8 Å². The molecule has 8 heteroatoms. The van der Waals surface area contributed by atoms with Crippen LogP contribution in [0, 0.1) is 12.8 Å². The van der Waals surface area contributed by atoms with Crippen molar-refractivity contribution in [3.05, 3.63) is 58.6 Å². The lowest BCUT2D eigenvalue weighted by Gasteiger charge is -2.09. The van der Waals surface area contributed by atoms with E-state index in [1.165, 1.54) is 0 Å². The van der Waals surface area contributed by atoms with Crippen LogP contribution in [-0.4, -0.2) is 28.0 Å². The first-order valence-electron chi connectivity index (χ1n) is 10.1. The van der Waals surface area contributed by atoms with Gasteiger partial charge in [0, 0.05) is 24.9 Å². The molecule has 0 saturated heterocycles. The maximum absolute atomic E-state index is 12.2. The van der Waals surface area contributed by atoms with Gasteiger partial charge in [-0.1, -0.05) is 49.2 Å². The number of benzene rings is 2. The van der Waals surface area contributed by atoms with Gasteiger partial charge in [0.15, 0.2) is 5.69 Å². The fourth-order valence-electron chi connectivity index (χ4n) is 3.27. The first-order chi connectivity index (χ1) is 14.8. The van der Waals surface area contributed by atoms with Crippen LogP contribution >= 0.6 is 11.6 Å². The molecular formula is C23H25ClN4O3. The third-order valence-corrected chi connectivity index (χ3v) is 5.05. The topological polar surface area (TPSA) is 96.1 Å². The summed E-state index contributed by atoms with van der Waals surface area (Å²) in [6, 6.07) is 12.5. The van der Waals surface area contributed by atoms with E-state index in [0.29, 0.717) is 23.0 Å². The number of aryl methyl sites for hydroxylation is 1. The highest BCUT2D eigenvalue weighted by molar-refractivity contribution is 6.33. The van der Waals surface area contributed by atoms with E-state index in [4.69, 9.17) is 11.6 Å². The Balaban J connectivity index is 1.70. The van der Waals surface area contributed by atoms with Crippen molar-refractivity contribution in [1.29, 1.82) is 0 Å². The molecule has 162 valence electrons. The zero-order valence-corrected chi connectivity index (χ0v) is 18.5. The van der Waals surface area contributed by atoms with E-state index in [2.05, 4.69) is 29.4 Å². The first kappa shape index (κ1) is 22.5. The Hall–Kier alpha value is -3.19. The van der Waals surface area contributed by atoms with Crippen LogP contribution in [0.15, 0.2) is 52.7 Å². The molecule has 0 spiro atoms. The van der Waals surface area contributed by atoms with Gasteiger partial charge in [-0.15, -0.1) is 10.2 Å². The minimum Gasteiger partial charge on any atom is -0.493 e. The number of nitrogens with one attached hydrogen (secondary N) is 1. The van der Waals surface area contributed by atoms with Gasteiger partial charge in [0.2, 0.25) is 5.88 Å². The largest absolute Gasteiger partial charge is 0.493 e. The van der Waals surface area contributed by atoms with Gasteiger partial charge in [-0.2, -0.15) is 0 Å². The highest BCUT2D eigenvalue weighted by Gasteiger charge is 2.18. The van der Waals surface area contributed by atoms with Crippen LogP contribution in [0.5, 0.6) is 5.88 Å². The highest BCUT2D eigenvalue weighted by Crippen LogP contribution is 2.39. The molecule has 2 aromatic carbocycles. The first-order valence-corrected chi connectivity index (χ1v) is 10.4. The van der Waals surface area contributed by atoms with Crippen molar-refractivity contribution >= 4 is 40.0 Å². The summed E-state index contributed by atoms with van der Waals surface area (Å²) in [5.41, 5.74) is 2.47. The zero-order chi connectivity index (χ0) is 22.5. The molecule has 0 saturated carbocycles. The number of hydrogen-bond donors (Lipinski definition) is 2. The predicted molar refractivity (Wildman–Crippen MR) is 121 cm³/mol. The Kier molecular flexibility index (Phi) is 7.07. The number of aromatic nitrogens is 1. The number of rotatable bonds is 7. The van der Waals surface area contributed by atoms with Gasteiger partial charge in [-0.3, -0.25) is 9.59 Å². The number of fused-ring (bicyclic) bond motifs is 1. The van der Waals surface area contributed by atoms with Crippen LogP contribution in [0.4, 0.5) is 5.69 Å². The maximum Gasteiger partial charge on any atom is 0.266 e. The van der Waals surface area contributed by atoms with E-state index in [1.807, 2.05) is 25.1 Å². The predicted octanol–water partition coefficient (Wildman–Crippen LogP) is 5.40. The average Bonchev–Trinajstić information content (AvgIpc) is 2.96. The molecule has 0 fully saturated rings. The number of azo groups is 1. The van der Waals surface area contributed by atoms with Crippen LogP contribution < -0.4 is 5.32 Å². The molecule has 3 aromatic rings. The number of carbonyl (C=O) groups excluding carboxylic acids is 2. The van der Waals surface area contributed by atoms with Crippen molar-refractivity contribution in [3.63, 3.8) is 0 Å². The number of nitrogens with zero attached hydrogens (tertiary/aromatic N) is 3. The summed E-state index contributed by atoms with van der Waals surface area (Å²) < 4.78 is 1.78. The van der Waals surface area contributed by atoms with Crippen molar-refractivity contribution in [2.24, 2.45) is 16.1 Å². The monoisotopic (exact) mass is 440 g/mol. The summed E-state index contributed by atoms with van der Waals surface area (Å²) in [4.78, 5) is 24.3. The normalized spacial score (nSPS) is 11.5. The lowest BCUT2D eigenvalue weighted by atomic mass is 10.1. The lowest BCUT2D eigenvalue weighted by Crippen LogP contribution is -2.25. The van der Waals surface area contributed by atoms with Crippen LogP contribution in [0.1, 0.15) is 36.2 Å². The van der Waals surface area contributed by atoms with Crippen molar-refractivity contribution in [2.45, 2.75) is 33.7 Å². The molecule has 0 radical (unpaired) electrons. The van der Waals surface area contributed by atoms with Crippen LogP contribution in [0.2, 0.25) is 5.02 Å². The van der Waals surface area contributed by atoms with E-state index in [0.717, 1.165) is 16.5 Å². The zero-order valence-electron chi connectivity index (χ0n) is 17.7. The fourth-order valence-corrected chi connectivity index (χ4v) is 3.49. The number of halogens is 1. The second kappa shape index (κ2) is 9.75. The fraction of sp³-hybridized carbons (Fsp3) is 0.304. The van der Waals surface area contributed by atoms with E-state index in [9.17, 15) is 14.7 Å². The van der Waals surface area contributed by atoms with Gasteiger partial charge in [0.1, 0.15) is 0 Å². The molecule has 1 aromatic heterocycles. The van der Waals surface area contributed by atoms with Gasteiger partial charge in [-0.25, -0.2) is 0 Å². The molecule has 0 bridgehead atoms. The maximum atomic E-state index is 12.2.